The maximum absolute atomic E-state index is 13.1. The molecule has 5 heteroatoms. The number of piperidine rings is 1. The molecule has 0 atom stereocenters. The van der Waals surface area contributed by atoms with Gasteiger partial charge in [0.15, 0.2) is 0 Å². The fourth-order valence-electron chi connectivity index (χ4n) is 5.07. The zero-order valence-corrected chi connectivity index (χ0v) is 18.2. The molecule has 0 aliphatic carbocycles. The van der Waals surface area contributed by atoms with Crippen LogP contribution in [0.15, 0.2) is 45.6 Å². The van der Waals surface area contributed by atoms with E-state index >= 15 is 0 Å². The standard InChI is InChI=1S/C25H32N2O3/c1-19-17-21(10-6-9-20-7-4-3-5-8-20)30-24(29)22(19)23(28)27-15-12-25(13-16-27)11-14-26(2)18-25/h3-5,7-8,17H,6,9-16,18H2,1-2H3. The molecule has 2 saturated heterocycles. The van der Waals surface area contributed by atoms with Crippen LogP contribution in [0.1, 0.15) is 52.9 Å². The third kappa shape index (κ3) is 4.51. The van der Waals surface area contributed by atoms with Crippen molar-refractivity contribution < 1.29 is 9.21 Å². The number of likely N-dealkylation sites (tertiary alicyclic amines) is 2. The van der Waals surface area contributed by atoms with Gasteiger partial charge in [0.1, 0.15) is 11.3 Å². The van der Waals surface area contributed by atoms with Gasteiger partial charge in [0.2, 0.25) is 0 Å². The van der Waals surface area contributed by atoms with Gasteiger partial charge in [0.05, 0.1) is 0 Å². The van der Waals surface area contributed by atoms with Crippen LogP contribution in [0, 0.1) is 12.3 Å². The van der Waals surface area contributed by atoms with Gasteiger partial charge in [-0.2, -0.15) is 0 Å². The molecule has 0 bridgehead atoms. The summed E-state index contributed by atoms with van der Waals surface area (Å²) in [6, 6.07) is 12.2. The summed E-state index contributed by atoms with van der Waals surface area (Å²) in [7, 11) is 2.17. The number of aryl methyl sites for hydroxylation is 3. The molecular weight excluding hydrogens is 376 g/mol. The van der Waals surface area contributed by atoms with Gasteiger partial charge in [0, 0.05) is 26.1 Å². The van der Waals surface area contributed by atoms with Crippen molar-refractivity contribution in [3.63, 3.8) is 0 Å². The number of benzene rings is 1. The summed E-state index contributed by atoms with van der Waals surface area (Å²) in [5.74, 6) is 0.495. The number of nitrogens with zero attached hydrogens (tertiary/aromatic N) is 2. The topological polar surface area (TPSA) is 53.8 Å². The first-order valence-corrected chi connectivity index (χ1v) is 11.1. The fourth-order valence-corrected chi connectivity index (χ4v) is 5.07. The molecule has 30 heavy (non-hydrogen) atoms. The van der Waals surface area contributed by atoms with Gasteiger partial charge in [-0.25, -0.2) is 4.79 Å². The second-order valence-electron chi connectivity index (χ2n) is 9.18. The van der Waals surface area contributed by atoms with E-state index in [-0.39, 0.29) is 11.5 Å². The normalized spacial score (nSPS) is 18.8. The molecule has 160 valence electrons. The van der Waals surface area contributed by atoms with Crippen LogP contribution in [-0.4, -0.2) is 48.9 Å². The second kappa shape index (κ2) is 8.76. The first-order valence-electron chi connectivity index (χ1n) is 11.1. The van der Waals surface area contributed by atoms with E-state index in [1.54, 1.807) is 0 Å². The monoisotopic (exact) mass is 408 g/mol. The average Bonchev–Trinajstić information content (AvgIpc) is 3.08. The molecule has 2 aliphatic rings. The van der Waals surface area contributed by atoms with Crippen LogP contribution in [0.2, 0.25) is 0 Å². The van der Waals surface area contributed by atoms with Crippen molar-refractivity contribution in [1.29, 1.82) is 0 Å². The fraction of sp³-hybridized carbons (Fsp3) is 0.520. The van der Waals surface area contributed by atoms with Crippen molar-refractivity contribution in [2.24, 2.45) is 5.41 Å². The lowest BCUT2D eigenvalue weighted by atomic mass is 9.77. The summed E-state index contributed by atoms with van der Waals surface area (Å²) in [6.07, 6.45) is 5.79. The molecule has 1 spiro atoms. The second-order valence-corrected chi connectivity index (χ2v) is 9.18. The SMILES string of the molecule is Cc1cc(CCCc2ccccc2)oc(=O)c1C(=O)N1CCC2(CCN(C)C2)CC1. The van der Waals surface area contributed by atoms with Crippen molar-refractivity contribution in [2.75, 3.05) is 33.2 Å². The molecule has 3 heterocycles. The van der Waals surface area contributed by atoms with E-state index < -0.39 is 5.63 Å². The number of hydrogen-bond acceptors (Lipinski definition) is 4. The third-order valence-corrected chi connectivity index (χ3v) is 6.89. The molecule has 0 saturated carbocycles. The minimum Gasteiger partial charge on any atom is -0.427 e. The van der Waals surface area contributed by atoms with Crippen molar-refractivity contribution in [3.05, 3.63) is 69.3 Å². The molecule has 1 amide bonds. The number of amides is 1. The van der Waals surface area contributed by atoms with Crippen molar-refractivity contribution in [3.8, 4) is 0 Å². The molecule has 0 N–H and O–H groups in total. The summed E-state index contributed by atoms with van der Waals surface area (Å²) in [4.78, 5) is 30.0. The van der Waals surface area contributed by atoms with Gasteiger partial charge in [-0.1, -0.05) is 30.3 Å². The van der Waals surface area contributed by atoms with Gasteiger partial charge in [0.25, 0.3) is 5.91 Å². The van der Waals surface area contributed by atoms with Crippen LogP contribution < -0.4 is 5.63 Å². The van der Waals surface area contributed by atoms with Gasteiger partial charge in [-0.3, -0.25) is 4.79 Å². The smallest absolute Gasteiger partial charge is 0.349 e. The summed E-state index contributed by atoms with van der Waals surface area (Å²) in [5.41, 5.74) is 2.08. The Kier molecular flexibility index (Phi) is 6.09. The van der Waals surface area contributed by atoms with Gasteiger partial charge < -0.3 is 14.2 Å². The van der Waals surface area contributed by atoms with E-state index in [4.69, 9.17) is 4.42 Å². The largest absolute Gasteiger partial charge is 0.427 e. The van der Waals surface area contributed by atoms with E-state index in [0.29, 0.717) is 17.6 Å². The first kappa shape index (κ1) is 20.9. The minimum atomic E-state index is -0.490. The summed E-state index contributed by atoms with van der Waals surface area (Å²) in [6.45, 7) is 5.56. The average molecular weight is 409 g/mol. The molecule has 5 nitrogen and oxygen atoms in total. The minimum absolute atomic E-state index is 0.168. The lowest BCUT2D eigenvalue weighted by Crippen LogP contribution is -2.45. The lowest BCUT2D eigenvalue weighted by molar-refractivity contribution is 0.0588. The summed E-state index contributed by atoms with van der Waals surface area (Å²) < 4.78 is 5.54. The highest BCUT2D eigenvalue weighted by Crippen LogP contribution is 2.40. The Labute approximate surface area is 178 Å². The van der Waals surface area contributed by atoms with Gasteiger partial charge in [-0.15, -0.1) is 0 Å². The molecule has 4 rings (SSSR count). The molecule has 1 aromatic carbocycles. The number of carbonyl (C=O) groups excluding carboxylic acids is 1. The van der Waals surface area contributed by atoms with Crippen LogP contribution in [0.4, 0.5) is 0 Å². The Morgan fingerprint density at radius 3 is 2.40 bits per heavy atom. The molecule has 2 fully saturated rings. The van der Waals surface area contributed by atoms with Crippen LogP contribution >= 0.6 is 0 Å². The summed E-state index contributed by atoms with van der Waals surface area (Å²) in [5, 5.41) is 0. The Balaban J connectivity index is 1.38. The highest BCUT2D eigenvalue weighted by atomic mass is 16.4. The van der Waals surface area contributed by atoms with Gasteiger partial charge >= 0.3 is 5.63 Å². The predicted octanol–water partition coefficient (Wildman–Crippen LogP) is 3.68. The number of rotatable bonds is 5. The maximum Gasteiger partial charge on any atom is 0.349 e. The number of carbonyl (C=O) groups is 1. The van der Waals surface area contributed by atoms with E-state index in [1.807, 2.05) is 36.1 Å². The quantitative estimate of drug-likeness (QED) is 0.757. The Hall–Kier alpha value is -2.40. The third-order valence-electron chi connectivity index (χ3n) is 6.89. The van der Waals surface area contributed by atoms with E-state index in [9.17, 15) is 9.59 Å². The molecule has 1 aromatic heterocycles. The summed E-state index contributed by atoms with van der Waals surface area (Å²) >= 11 is 0. The van der Waals surface area contributed by atoms with E-state index in [1.165, 1.54) is 12.0 Å². The zero-order chi connectivity index (χ0) is 21.1. The lowest BCUT2D eigenvalue weighted by Gasteiger charge is -2.39. The van der Waals surface area contributed by atoms with Crippen molar-refractivity contribution in [1.82, 2.24) is 9.80 Å². The molecule has 2 aliphatic heterocycles. The van der Waals surface area contributed by atoms with Crippen LogP contribution in [0.5, 0.6) is 0 Å². The van der Waals surface area contributed by atoms with Gasteiger partial charge in [-0.05, 0) is 75.2 Å². The Morgan fingerprint density at radius 2 is 1.77 bits per heavy atom. The van der Waals surface area contributed by atoms with Crippen molar-refractivity contribution in [2.45, 2.75) is 45.4 Å². The number of hydrogen-bond donors (Lipinski definition) is 0. The maximum atomic E-state index is 13.1. The highest BCUT2D eigenvalue weighted by molar-refractivity contribution is 5.95. The van der Waals surface area contributed by atoms with E-state index in [0.717, 1.165) is 57.4 Å². The van der Waals surface area contributed by atoms with E-state index in [2.05, 4.69) is 24.1 Å². The molecule has 2 aromatic rings. The first-order chi connectivity index (χ1) is 14.5. The Morgan fingerprint density at radius 1 is 1.07 bits per heavy atom. The molecule has 0 radical (unpaired) electrons. The molecule has 0 unspecified atom stereocenters. The van der Waals surface area contributed by atoms with Crippen LogP contribution in [0.3, 0.4) is 0 Å². The van der Waals surface area contributed by atoms with Crippen LogP contribution in [-0.2, 0) is 12.8 Å². The Bertz CT molecular complexity index is 943. The van der Waals surface area contributed by atoms with Crippen molar-refractivity contribution >= 4 is 5.91 Å². The zero-order valence-electron chi connectivity index (χ0n) is 18.2. The predicted molar refractivity (Wildman–Crippen MR) is 118 cm³/mol. The highest BCUT2D eigenvalue weighted by Gasteiger charge is 2.40. The molecular formula is C25H32N2O3. The van der Waals surface area contributed by atoms with Crippen LogP contribution in [0.25, 0.3) is 0 Å².